The number of nitro benzene ring substituents is 1. The molecule has 0 atom stereocenters. The number of nitro groups is 1. The van der Waals surface area contributed by atoms with Gasteiger partial charge in [-0.2, -0.15) is 5.26 Å². The Morgan fingerprint density at radius 1 is 1.30 bits per heavy atom. The number of aromatic nitrogens is 1. The lowest BCUT2D eigenvalue weighted by Crippen LogP contribution is -2.13. The number of benzene rings is 2. The van der Waals surface area contributed by atoms with Crippen molar-refractivity contribution in [2.24, 2.45) is 0 Å². The first-order chi connectivity index (χ1) is 14.4. The number of nitrogens with one attached hydrogen (secondary N) is 1. The lowest BCUT2D eigenvalue weighted by atomic mass is 10.1. The summed E-state index contributed by atoms with van der Waals surface area (Å²) in [5.41, 5.74) is 0.902. The maximum atomic E-state index is 12.4. The normalized spacial score (nSPS) is 11.0. The molecule has 0 bridgehead atoms. The lowest BCUT2D eigenvalue weighted by molar-refractivity contribution is -0.384. The van der Waals surface area contributed by atoms with E-state index in [9.17, 15) is 20.2 Å². The maximum absolute atomic E-state index is 12.4. The van der Waals surface area contributed by atoms with E-state index in [1.165, 1.54) is 35.6 Å². The predicted molar refractivity (Wildman–Crippen MR) is 117 cm³/mol. The Morgan fingerprint density at radius 2 is 2.10 bits per heavy atom. The minimum absolute atomic E-state index is 0.133. The van der Waals surface area contributed by atoms with Gasteiger partial charge < -0.3 is 0 Å². The standard InChI is InChI=1S/C20H12Cl2N4O3S/c21-15-5-4-13(18(22)9-15)8-17-11-24-20(30-17)25-19(27)14(10-23)6-12-2-1-3-16(7-12)26(28)29/h1-7,9,11H,8H2,(H,24,25,27)/b14-6+. The van der Waals surface area contributed by atoms with E-state index in [1.54, 1.807) is 30.5 Å². The second kappa shape index (κ2) is 9.50. The molecular weight excluding hydrogens is 447 g/mol. The highest BCUT2D eigenvalue weighted by Gasteiger charge is 2.14. The molecule has 0 radical (unpaired) electrons. The number of rotatable bonds is 6. The Hall–Kier alpha value is -3.25. The number of carbonyl (C=O) groups is 1. The van der Waals surface area contributed by atoms with Crippen LogP contribution in [0.3, 0.4) is 0 Å². The van der Waals surface area contributed by atoms with Gasteiger partial charge in [0.1, 0.15) is 11.6 Å². The second-order valence-electron chi connectivity index (χ2n) is 6.02. The Labute approximate surface area is 185 Å². The quantitative estimate of drug-likeness (QED) is 0.227. The fraction of sp³-hybridized carbons (Fsp3) is 0.0500. The predicted octanol–water partition coefficient (Wildman–Crippen LogP) is 5.49. The van der Waals surface area contributed by atoms with Crippen LogP contribution in [0.2, 0.25) is 10.0 Å². The van der Waals surface area contributed by atoms with Crippen LogP contribution in [-0.2, 0) is 11.2 Å². The minimum Gasteiger partial charge on any atom is -0.297 e. The van der Waals surface area contributed by atoms with Gasteiger partial charge in [-0.1, -0.05) is 41.4 Å². The molecule has 150 valence electrons. The van der Waals surface area contributed by atoms with Crippen LogP contribution in [0.4, 0.5) is 10.8 Å². The van der Waals surface area contributed by atoms with Crippen LogP contribution >= 0.6 is 34.5 Å². The summed E-state index contributed by atoms with van der Waals surface area (Å²) in [5, 5.41) is 24.2. The van der Waals surface area contributed by atoms with Gasteiger partial charge in [-0.3, -0.25) is 20.2 Å². The van der Waals surface area contributed by atoms with Crippen molar-refractivity contribution < 1.29 is 9.72 Å². The van der Waals surface area contributed by atoms with Crippen molar-refractivity contribution >= 4 is 57.3 Å². The highest BCUT2D eigenvalue weighted by molar-refractivity contribution is 7.15. The monoisotopic (exact) mass is 458 g/mol. The summed E-state index contributed by atoms with van der Waals surface area (Å²) in [5.74, 6) is -0.658. The average molecular weight is 459 g/mol. The summed E-state index contributed by atoms with van der Waals surface area (Å²) in [6, 6.07) is 12.7. The number of nitrogens with zero attached hydrogens (tertiary/aromatic N) is 3. The van der Waals surface area contributed by atoms with Gasteiger partial charge in [0, 0.05) is 39.7 Å². The van der Waals surface area contributed by atoms with Crippen LogP contribution in [0, 0.1) is 21.4 Å². The highest BCUT2D eigenvalue weighted by Crippen LogP contribution is 2.27. The molecule has 0 saturated heterocycles. The molecule has 0 aliphatic carbocycles. The number of nitriles is 1. The van der Waals surface area contributed by atoms with E-state index in [4.69, 9.17) is 23.2 Å². The molecule has 0 fully saturated rings. The number of carbonyl (C=O) groups excluding carboxylic acids is 1. The molecule has 0 spiro atoms. The molecule has 7 nitrogen and oxygen atoms in total. The van der Waals surface area contributed by atoms with Gasteiger partial charge in [-0.05, 0) is 29.3 Å². The summed E-state index contributed by atoms with van der Waals surface area (Å²) in [6.45, 7) is 0. The van der Waals surface area contributed by atoms with E-state index < -0.39 is 10.8 Å². The third-order valence-electron chi connectivity index (χ3n) is 3.91. The zero-order valence-electron chi connectivity index (χ0n) is 15.1. The van der Waals surface area contributed by atoms with Crippen LogP contribution in [0.15, 0.2) is 54.2 Å². The van der Waals surface area contributed by atoms with E-state index in [2.05, 4.69) is 10.3 Å². The van der Waals surface area contributed by atoms with E-state index in [1.807, 2.05) is 6.07 Å². The smallest absolute Gasteiger partial charge is 0.270 e. The number of amides is 1. The van der Waals surface area contributed by atoms with Crippen molar-refractivity contribution in [1.82, 2.24) is 4.98 Å². The van der Waals surface area contributed by atoms with Crippen LogP contribution < -0.4 is 5.32 Å². The zero-order chi connectivity index (χ0) is 21.7. The van der Waals surface area contributed by atoms with Crippen molar-refractivity contribution in [2.45, 2.75) is 6.42 Å². The van der Waals surface area contributed by atoms with Gasteiger partial charge in [-0.25, -0.2) is 4.98 Å². The first-order valence-corrected chi connectivity index (χ1v) is 9.99. The fourth-order valence-electron chi connectivity index (χ4n) is 2.51. The molecule has 1 aromatic heterocycles. The van der Waals surface area contributed by atoms with Crippen molar-refractivity contribution in [3.05, 3.63) is 90.4 Å². The summed E-state index contributed by atoms with van der Waals surface area (Å²) in [6.07, 6.45) is 3.41. The summed E-state index contributed by atoms with van der Waals surface area (Å²) in [7, 11) is 0. The van der Waals surface area contributed by atoms with Gasteiger partial charge in [0.2, 0.25) is 0 Å². The molecule has 0 aliphatic heterocycles. The van der Waals surface area contributed by atoms with E-state index in [-0.39, 0.29) is 11.3 Å². The van der Waals surface area contributed by atoms with Crippen molar-refractivity contribution in [1.29, 1.82) is 5.26 Å². The van der Waals surface area contributed by atoms with Crippen molar-refractivity contribution in [2.75, 3.05) is 5.32 Å². The molecule has 30 heavy (non-hydrogen) atoms. The van der Waals surface area contributed by atoms with Crippen LogP contribution in [0.25, 0.3) is 6.08 Å². The van der Waals surface area contributed by atoms with Gasteiger partial charge in [0.15, 0.2) is 5.13 Å². The molecule has 10 heteroatoms. The number of hydrogen-bond donors (Lipinski definition) is 1. The van der Waals surface area contributed by atoms with E-state index in [0.717, 1.165) is 10.4 Å². The topological polar surface area (TPSA) is 109 Å². The summed E-state index contributed by atoms with van der Waals surface area (Å²) >= 11 is 13.3. The van der Waals surface area contributed by atoms with E-state index >= 15 is 0 Å². The van der Waals surface area contributed by atoms with Crippen LogP contribution in [-0.4, -0.2) is 15.8 Å². The number of thiazole rings is 1. The Balaban J connectivity index is 1.73. The molecule has 3 aromatic rings. The third-order valence-corrected chi connectivity index (χ3v) is 5.41. The molecule has 1 N–H and O–H groups in total. The van der Waals surface area contributed by atoms with Crippen LogP contribution in [0.1, 0.15) is 16.0 Å². The van der Waals surface area contributed by atoms with Gasteiger partial charge >= 0.3 is 0 Å². The van der Waals surface area contributed by atoms with Crippen LogP contribution in [0.5, 0.6) is 0 Å². The van der Waals surface area contributed by atoms with Gasteiger partial charge in [0.05, 0.1) is 4.92 Å². The minimum atomic E-state index is -0.658. The Morgan fingerprint density at radius 3 is 2.80 bits per heavy atom. The molecule has 0 saturated carbocycles. The van der Waals surface area contributed by atoms with Gasteiger partial charge in [-0.15, -0.1) is 11.3 Å². The molecule has 1 heterocycles. The molecule has 3 rings (SSSR count). The zero-order valence-corrected chi connectivity index (χ0v) is 17.5. The maximum Gasteiger partial charge on any atom is 0.270 e. The summed E-state index contributed by atoms with van der Waals surface area (Å²) < 4.78 is 0. The van der Waals surface area contributed by atoms with E-state index in [0.29, 0.717) is 27.2 Å². The average Bonchev–Trinajstić information content (AvgIpc) is 3.15. The number of hydrogen-bond acceptors (Lipinski definition) is 6. The molecule has 2 aromatic carbocycles. The first-order valence-electron chi connectivity index (χ1n) is 8.42. The van der Waals surface area contributed by atoms with Gasteiger partial charge in [0.25, 0.3) is 11.6 Å². The number of anilines is 1. The molecule has 0 aliphatic rings. The second-order valence-corrected chi connectivity index (χ2v) is 7.98. The SMILES string of the molecule is N#C/C(=C\c1cccc([N+](=O)[O-])c1)C(=O)Nc1ncc(Cc2ccc(Cl)cc2Cl)s1. The highest BCUT2D eigenvalue weighted by atomic mass is 35.5. The fourth-order valence-corrected chi connectivity index (χ4v) is 3.81. The number of non-ortho nitro benzene ring substituents is 1. The first kappa shape index (κ1) is 21.5. The Bertz CT molecular complexity index is 1200. The summed E-state index contributed by atoms with van der Waals surface area (Å²) in [4.78, 5) is 27.8. The molecule has 1 amide bonds. The number of halogens is 2. The molecular formula is C20H12Cl2N4O3S. The van der Waals surface area contributed by atoms with Crippen molar-refractivity contribution in [3.8, 4) is 6.07 Å². The van der Waals surface area contributed by atoms with Crippen molar-refractivity contribution in [3.63, 3.8) is 0 Å². The lowest BCUT2D eigenvalue weighted by Gasteiger charge is -2.02. The Kier molecular flexibility index (Phi) is 6.79. The third kappa shape index (κ3) is 5.42. The largest absolute Gasteiger partial charge is 0.297 e. The molecule has 0 unspecified atom stereocenters.